The average molecular weight is 312 g/mol. The monoisotopic (exact) mass is 312 g/mol. The van der Waals surface area contributed by atoms with Crippen LogP contribution in [0.5, 0.6) is 17.2 Å². The minimum Gasteiger partial charge on any atom is -0.485 e. The van der Waals surface area contributed by atoms with Gasteiger partial charge in [0.1, 0.15) is 12.4 Å². The van der Waals surface area contributed by atoms with Gasteiger partial charge >= 0.3 is 5.97 Å². The van der Waals surface area contributed by atoms with E-state index in [0.717, 1.165) is 5.56 Å². The second-order valence-electron chi connectivity index (χ2n) is 6.53. The molecule has 0 bridgehead atoms. The van der Waals surface area contributed by atoms with Crippen molar-refractivity contribution in [3.05, 3.63) is 54.1 Å². The summed E-state index contributed by atoms with van der Waals surface area (Å²) in [6, 6.07) is 14.8. The van der Waals surface area contributed by atoms with Crippen molar-refractivity contribution in [2.45, 2.75) is 32.3 Å². The molecule has 0 saturated carbocycles. The highest BCUT2D eigenvalue weighted by Crippen LogP contribution is 2.33. The number of para-hydroxylation sites is 3. The number of hydrogen-bond donors (Lipinski definition) is 0. The number of rotatable bonds is 2. The van der Waals surface area contributed by atoms with Crippen molar-refractivity contribution in [3.63, 3.8) is 0 Å². The highest BCUT2D eigenvalue weighted by atomic mass is 16.6. The third-order valence-corrected chi connectivity index (χ3v) is 3.68. The van der Waals surface area contributed by atoms with E-state index in [4.69, 9.17) is 14.2 Å². The number of carbonyl (C=O) groups is 1. The molecule has 2 aromatic carbocycles. The Balaban J connectivity index is 1.76. The molecule has 0 aliphatic carbocycles. The first-order valence-corrected chi connectivity index (χ1v) is 7.65. The molecule has 23 heavy (non-hydrogen) atoms. The van der Waals surface area contributed by atoms with Crippen LogP contribution < -0.4 is 14.2 Å². The summed E-state index contributed by atoms with van der Waals surface area (Å²) in [5.41, 5.74) is 0.860. The molecule has 0 aromatic heterocycles. The fraction of sp³-hybridized carbons (Fsp3) is 0.316. The van der Waals surface area contributed by atoms with Gasteiger partial charge in [-0.15, -0.1) is 0 Å². The van der Waals surface area contributed by atoms with Crippen LogP contribution in [0.1, 0.15) is 26.3 Å². The van der Waals surface area contributed by atoms with E-state index in [1.165, 1.54) is 0 Å². The van der Waals surface area contributed by atoms with E-state index in [-0.39, 0.29) is 12.0 Å². The van der Waals surface area contributed by atoms with Gasteiger partial charge in [-0.25, -0.2) is 4.79 Å². The highest BCUT2D eigenvalue weighted by Gasteiger charge is 2.30. The minimum absolute atomic E-state index is 0.118. The molecule has 0 spiro atoms. The molecule has 0 radical (unpaired) electrons. The fourth-order valence-corrected chi connectivity index (χ4v) is 2.49. The lowest BCUT2D eigenvalue weighted by Gasteiger charge is -2.26. The molecule has 1 atom stereocenters. The van der Waals surface area contributed by atoms with Crippen LogP contribution in [0.3, 0.4) is 0 Å². The largest absolute Gasteiger partial charge is 0.485 e. The fourth-order valence-electron chi connectivity index (χ4n) is 2.49. The lowest BCUT2D eigenvalue weighted by Crippen LogP contribution is -2.39. The maximum atomic E-state index is 12.4. The van der Waals surface area contributed by atoms with E-state index >= 15 is 0 Å². The Morgan fingerprint density at radius 2 is 1.70 bits per heavy atom. The lowest BCUT2D eigenvalue weighted by atomic mass is 9.86. The lowest BCUT2D eigenvalue weighted by molar-refractivity contribution is -0.144. The van der Waals surface area contributed by atoms with Gasteiger partial charge in [0.2, 0.25) is 6.10 Å². The van der Waals surface area contributed by atoms with Crippen LogP contribution in [0.15, 0.2) is 48.5 Å². The topological polar surface area (TPSA) is 44.8 Å². The van der Waals surface area contributed by atoms with Gasteiger partial charge < -0.3 is 14.2 Å². The van der Waals surface area contributed by atoms with Crippen molar-refractivity contribution in [3.8, 4) is 17.2 Å². The molecular weight excluding hydrogens is 292 g/mol. The van der Waals surface area contributed by atoms with Gasteiger partial charge in [0.05, 0.1) is 0 Å². The molecule has 4 nitrogen and oxygen atoms in total. The van der Waals surface area contributed by atoms with Gasteiger partial charge in [0.15, 0.2) is 11.5 Å². The van der Waals surface area contributed by atoms with E-state index in [9.17, 15) is 4.79 Å². The van der Waals surface area contributed by atoms with E-state index in [1.54, 1.807) is 12.1 Å². The van der Waals surface area contributed by atoms with Gasteiger partial charge in [-0.2, -0.15) is 0 Å². The first kappa shape index (κ1) is 15.4. The number of hydrogen-bond acceptors (Lipinski definition) is 4. The zero-order chi connectivity index (χ0) is 16.4. The van der Waals surface area contributed by atoms with Crippen molar-refractivity contribution in [1.82, 2.24) is 0 Å². The Kier molecular flexibility index (Phi) is 3.99. The van der Waals surface area contributed by atoms with E-state index < -0.39 is 12.1 Å². The Labute approximate surface area is 136 Å². The van der Waals surface area contributed by atoms with Gasteiger partial charge in [0.25, 0.3) is 0 Å². The molecule has 4 heteroatoms. The molecule has 120 valence electrons. The molecule has 1 unspecified atom stereocenters. The predicted octanol–water partition coefficient (Wildman–Crippen LogP) is 3.73. The normalized spacial score (nSPS) is 16.7. The second-order valence-corrected chi connectivity index (χ2v) is 6.53. The summed E-state index contributed by atoms with van der Waals surface area (Å²) in [6.45, 7) is 6.38. The summed E-state index contributed by atoms with van der Waals surface area (Å²) in [6.07, 6.45) is -0.766. The SMILES string of the molecule is CC(C)(C)c1ccccc1OC(=O)C1COc2ccccc2O1. The molecule has 0 amide bonds. The number of esters is 1. The third-order valence-electron chi connectivity index (χ3n) is 3.68. The van der Waals surface area contributed by atoms with Gasteiger partial charge in [-0.05, 0) is 23.6 Å². The van der Waals surface area contributed by atoms with Gasteiger partial charge in [-0.3, -0.25) is 0 Å². The number of benzene rings is 2. The maximum Gasteiger partial charge on any atom is 0.356 e. The zero-order valence-corrected chi connectivity index (χ0v) is 13.5. The Bertz CT molecular complexity index is 715. The summed E-state index contributed by atoms with van der Waals surface area (Å²) in [5.74, 6) is 1.32. The molecule has 3 rings (SSSR count). The Morgan fingerprint density at radius 3 is 2.43 bits per heavy atom. The first-order chi connectivity index (χ1) is 10.9. The van der Waals surface area contributed by atoms with Gasteiger partial charge in [-0.1, -0.05) is 51.1 Å². The second kappa shape index (κ2) is 5.95. The zero-order valence-electron chi connectivity index (χ0n) is 13.5. The first-order valence-electron chi connectivity index (χ1n) is 7.65. The molecular formula is C19H20O4. The van der Waals surface area contributed by atoms with E-state index in [0.29, 0.717) is 17.2 Å². The number of carbonyl (C=O) groups excluding carboxylic acids is 1. The van der Waals surface area contributed by atoms with Crippen LogP contribution in [0.25, 0.3) is 0 Å². The average Bonchev–Trinajstić information content (AvgIpc) is 2.54. The summed E-state index contributed by atoms with van der Waals surface area (Å²) in [4.78, 5) is 12.4. The summed E-state index contributed by atoms with van der Waals surface area (Å²) >= 11 is 0. The number of fused-ring (bicyclic) bond motifs is 1. The van der Waals surface area contributed by atoms with Crippen molar-refractivity contribution >= 4 is 5.97 Å². The van der Waals surface area contributed by atoms with Crippen molar-refractivity contribution in [1.29, 1.82) is 0 Å². The molecule has 1 aliphatic rings. The summed E-state index contributed by atoms with van der Waals surface area (Å²) < 4.78 is 16.8. The maximum absolute atomic E-state index is 12.4. The standard InChI is InChI=1S/C19H20O4/c1-19(2,3)13-8-4-5-9-14(13)23-18(20)17-12-21-15-10-6-7-11-16(15)22-17/h4-11,17H,12H2,1-3H3. The van der Waals surface area contributed by atoms with Crippen LogP contribution >= 0.6 is 0 Å². The van der Waals surface area contributed by atoms with Crippen LogP contribution in [0, 0.1) is 0 Å². The smallest absolute Gasteiger partial charge is 0.356 e. The van der Waals surface area contributed by atoms with Crippen molar-refractivity contribution in [2.24, 2.45) is 0 Å². The quantitative estimate of drug-likeness (QED) is 0.626. The minimum atomic E-state index is -0.766. The molecule has 2 aromatic rings. The van der Waals surface area contributed by atoms with E-state index in [2.05, 4.69) is 20.8 Å². The molecule has 1 aliphatic heterocycles. The third kappa shape index (κ3) is 3.31. The van der Waals surface area contributed by atoms with E-state index in [1.807, 2.05) is 36.4 Å². The van der Waals surface area contributed by atoms with Crippen LogP contribution in [-0.4, -0.2) is 18.7 Å². The summed E-state index contributed by atoms with van der Waals surface area (Å²) in [7, 11) is 0. The highest BCUT2D eigenvalue weighted by molar-refractivity contribution is 5.78. The van der Waals surface area contributed by atoms with Crippen LogP contribution in [0.2, 0.25) is 0 Å². The Morgan fingerprint density at radius 1 is 1.04 bits per heavy atom. The van der Waals surface area contributed by atoms with Gasteiger partial charge in [0, 0.05) is 5.56 Å². The van der Waals surface area contributed by atoms with Crippen molar-refractivity contribution in [2.75, 3.05) is 6.61 Å². The molecule has 0 N–H and O–H groups in total. The molecule has 0 saturated heterocycles. The number of ether oxygens (including phenoxy) is 3. The van der Waals surface area contributed by atoms with Crippen LogP contribution in [0.4, 0.5) is 0 Å². The Hall–Kier alpha value is -2.49. The molecule has 1 heterocycles. The van der Waals surface area contributed by atoms with Crippen LogP contribution in [-0.2, 0) is 10.2 Å². The predicted molar refractivity (Wildman–Crippen MR) is 87.1 cm³/mol. The van der Waals surface area contributed by atoms with Crippen molar-refractivity contribution < 1.29 is 19.0 Å². The molecule has 0 fully saturated rings. The summed E-state index contributed by atoms with van der Waals surface area (Å²) in [5, 5.41) is 0.